The van der Waals surface area contributed by atoms with Gasteiger partial charge < -0.3 is 14.2 Å². The van der Waals surface area contributed by atoms with E-state index in [1.54, 1.807) is 12.2 Å². The van der Waals surface area contributed by atoms with Crippen molar-refractivity contribution in [1.82, 2.24) is 0 Å². The molecule has 1 aromatic rings. The summed E-state index contributed by atoms with van der Waals surface area (Å²) in [6.45, 7) is 3.75. The molecule has 0 saturated carbocycles. The van der Waals surface area contributed by atoms with E-state index in [0.29, 0.717) is 5.76 Å². The normalized spacial score (nSPS) is 29.9. The summed E-state index contributed by atoms with van der Waals surface area (Å²) in [5.41, 5.74) is 1.04. The van der Waals surface area contributed by atoms with Crippen LogP contribution in [0.2, 0.25) is 0 Å². The number of esters is 1. The zero-order valence-electron chi connectivity index (χ0n) is 11.4. The number of benzene rings is 1. The molecule has 2 aliphatic heterocycles. The van der Waals surface area contributed by atoms with Crippen molar-refractivity contribution < 1.29 is 19.0 Å². The minimum atomic E-state index is -0.672. The first-order valence-corrected chi connectivity index (χ1v) is 6.56. The van der Waals surface area contributed by atoms with Crippen LogP contribution in [0, 0.1) is 0 Å². The number of allylic oxidation sites excluding steroid dienone is 1. The molecule has 0 unspecified atom stereocenters. The maximum absolute atomic E-state index is 11.1. The molecule has 0 spiro atoms. The van der Waals surface area contributed by atoms with Gasteiger partial charge in [-0.15, -0.1) is 0 Å². The molecule has 3 rings (SSSR count). The van der Waals surface area contributed by atoms with E-state index < -0.39 is 5.79 Å². The van der Waals surface area contributed by atoms with Crippen LogP contribution in [0.25, 0.3) is 0 Å². The van der Waals surface area contributed by atoms with Crippen molar-refractivity contribution in [2.24, 2.45) is 0 Å². The molecule has 20 heavy (non-hydrogen) atoms. The van der Waals surface area contributed by atoms with E-state index in [1.165, 1.54) is 6.08 Å². The first kappa shape index (κ1) is 13.1. The van der Waals surface area contributed by atoms with Gasteiger partial charge in [0.05, 0.1) is 0 Å². The number of hydrogen-bond acceptors (Lipinski definition) is 4. The molecular weight excluding hydrogens is 256 g/mol. The Morgan fingerprint density at radius 1 is 1.10 bits per heavy atom. The van der Waals surface area contributed by atoms with Crippen molar-refractivity contribution in [2.75, 3.05) is 0 Å². The molecule has 0 N–H and O–H groups in total. The van der Waals surface area contributed by atoms with Crippen molar-refractivity contribution in [3.8, 4) is 0 Å². The van der Waals surface area contributed by atoms with Crippen LogP contribution in [0.1, 0.15) is 25.5 Å². The van der Waals surface area contributed by atoms with E-state index in [1.807, 2.05) is 44.2 Å². The number of ether oxygens (including phenoxy) is 3. The third-order valence-electron chi connectivity index (χ3n) is 3.19. The molecule has 1 saturated heterocycles. The minimum absolute atomic E-state index is 0.216. The van der Waals surface area contributed by atoms with Crippen LogP contribution in [0.15, 0.2) is 54.3 Å². The standard InChI is InChI=1S/C16H16O4/c1-16(2)19-13(10-12-8-9-14(17)18-12)15(20-16)11-6-4-3-5-7-11/h3-10,13,15H,1-2H3/b12-10+/t13-,15+/m1/s1. The summed E-state index contributed by atoms with van der Waals surface area (Å²) in [6.07, 6.45) is 4.31. The fourth-order valence-corrected chi connectivity index (χ4v) is 2.40. The predicted molar refractivity (Wildman–Crippen MR) is 72.5 cm³/mol. The van der Waals surface area contributed by atoms with E-state index in [0.717, 1.165) is 5.56 Å². The number of cyclic esters (lactones) is 1. The number of carbonyl (C=O) groups excluding carboxylic acids is 1. The van der Waals surface area contributed by atoms with Crippen LogP contribution >= 0.6 is 0 Å². The SMILES string of the molecule is CC1(C)O[C@H](/C=C2\C=CC(=O)O2)[C@H](c2ccccc2)O1. The highest BCUT2D eigenvalue weighted by Gasteiger charge is 2.41. The highest BCUT2D eigenvalue weighted by atomic mass is 16.7. The van der Waals surface area contributed by atoms with Crippen LogP contribution in [0.3, 0.4) is 0 Å². The van der Waals surface area contributed by atoms with Gasteiger partial charge in [-0.25, -0.2) is 4.79 Å². The van der Waals surface area contributed by atoms with E-state index in [-0.39, 0.29) is 18.2 Å². The fraction of sp³-hybridized carbons (Fsp3) is 0.312. The van der Waals surface area contributed by atoms with E-state index in [2.05, 4.69) is 0 Å². The highest BCUT2D eigenvalue weighted by molar-refractivity contribution is 5.86. The zero-order chi connectivity index (χ0) is 14.2. The zero-order valence-corrected chi connectivity index (χ0v) is 11.4. The molecule has 0 aromatic heterocycles. The minimum Gasteiger partial charge on any atom is -0.424 e. The van der Waals surface area contributed by atoms with Crippen molar-refractivity contribution >= 4 is 5.97 Å². The number of rotatable bonds is 2. The first-order chi connectivity index (χ1) is 9.53. The average molecular weight is 272 g/mol. The molecule has 4 nitrogen and oxygen atoms in total. The Hall–Kier alpha value is -1.91. The van der Waals surface area contributed by atoms with Crippen molar-refractivity contribution in [3.05, 3.63) is 59.9 Å². The molecule has 0 aliphatic carbocycles. The first-order valence-electron chi connectivity index (χ1n) is 6.56. The molecule has 4 heteroatoms. The lowest BCUT2D eigenvalue weighted by Crippen LogP contribution is -2.20. The third kappa shape index (κ3) is 2.66. The smallest absolute Gasteiger partial charge is 0.336 e. The number of hydrogen-bond donors (Lipinski definition) is 0. The molecule has 1 fully saturated rings. The Kier molecular flexibility index (Phi) is 3.20. The van der Waals surface area contributed by atoms with E-state index >= 15 is 0 Å². The fourth-order valence-electron chi connectivity index (χ4n) is 2.40. The molecule has 1 aromatic carbocycles. The van der Waals surface area contributed by atoms with Gasteiger partial charge in [-0.2, -0.15) is 0 Å². The Balaban J connectivity index is 1.88. The van der Waals surface area contributed by atoms with Crippen LogP contribution in [-0.2, 0) is 19.0 Å². The Morgan fingerprint density at radius 3 is 2.50 bits per heavy atom. The maximum Gasteiger partial charge on any atom is 0.336 e. The molecule has 104 valence electrons. The topological polar surface area (TPSA) is 44.8 Å². The van der Waals surface area contributed by atoms with Crippen LogP contribution in [-0.4, -0.2) is 17.9 Å². The molecule has 2 aliphatic rings. The van der Waals surface area contributed by atoms with Gasteiger partial charge in [-0.1, -0.05) is 30.3 Å². The highest BCUT2D eigenvalue weighted by Crippen LogP contribution is 2.39. The lowest BCUT2D eigenvalue weighted by molar-refractivity contribution is -0.143. The maximum atomic E-state index is 11.1. The third-order valence-corrected chi connectivity index (χ3v) is 3.19. The summed E-state index contributed by atoms with van der Waals surface area (Å²) in [7, 11) is 0. The van der Waals surface area contributed by atoms with E-state index in [4.69, 9.17) is 14.2 Å². The second-order valence-electron chi connectivity index (χ2n) is 5.25. The Morgan fingerprint density at radius 2 is 1.85 bits per heavy atom. The quantitative estimate of drug-likeness (QED) is 0.777. The van der Waals surface area contributed by atoms with Gasteiger partial charge in [0.2, 0.25) is 0 Å². The molecular formula is C16H16O4. The summed E-state index contributed by atoms with van der Waals surface area (Å²) in [4.78, 5) is 11.1. The molecule has 0 amide bonds. The molecule has 2 heterocycles. The van der Waals surface area contributed by atoms with Gasteiger partial charge in [0, 0.05) is 6.08 Å². The van der Waals surface area contributed by atoms with Gasteiger partial charge in [0.15, 0.2) is 5.79 Å². The van der Waals surface area contributed by atoms with Crippen molar-refractivity contribution in [1.29, 1.82) is 0 Å². The van der Waals surface area contributed by atoms with Gasteiger partial charge in [-0.3, -0.25) is 0 Å². The Labute approximate surface area is 117 Å². The van der Waals surface area contributed by atoms with Gasteiger partial charge in [-0.05, 0) is 31.6 Å². The summed E-state index contributed by atoms with van der Waals surface area (Å²) < 4.78 is 16.9. The second kappa shape index (κ2) is 4.89. The number of carbonyl (C=O) groups is 1. The Bertz CT molecular complexity index is 571. The summed E-state index contributed by atoms with van der Waals surface area (Å²) in [6, 6.07) is 9.88. The van der Waals surface area contributed by atoms with Crippen molar-refractivity contribution in [3.63, 3.8) is 0 Å². The lowest BCUT2D eigenvalue weighted by atomic mass is 10.0. The van der Waals surface area contributed by atoms with Crippen LogP contribution in [0.4, 0.5) is 0 Å². The van der Waals surface area contributed by atoms with Gasteiger partial charge in [0.25, 0.3) is 0 Å². The van der Waals surface area contributed by atoms with Crippen LogP contribution in [0.5, 0.6) is 0 Å². The van der Waals surface area contributed by atoms with E-state index in [9.17, 15) is 4.79 Å². The van der Waals surface area contributed by atoms with Crippen molar-refractivity contribution in [2.45, 2.75) is 31.8 Å². The molecule has 0 bridgehead atoms. The second-order valence-corrected chi connectivity index (χ2v) is 5.25. The average Bonchev–Trinajstić information content (AvgIpc) is 2.94. The summed E-state index contributed by atoms with van der Waals surface area (Å²) in [5.74, 6) is -0.526. The van der Waals surface area contributed by atoms with Gasteiger partial charge in [0.1, 0.15) is 18.0 Å². The predicted octanol–water partition coefficient (Wildman–Crippen LogP) is 2.88. The summed E-state index contributed by atoms with van der Waals surface area (Å²) >= 11 is 0. The summed E-state index contributed by atoms with van der Waals surface area (Å²) in [5, 5.41) is 0. The molecule has 2 atom stereocenters. The van der Waals surface area contributed by atoms with Crippen LogP contribution < -0.4 is 0 Å². The lowest BCUT2D eigenvalue weighted by Gasteiger charge is -2.16. The van der Waals surface area contributed by atoms with Gasteiger partial charge >= 0.3 is 5.97 Å². The monoisotopic (exact) mass is 272 g/mol. The largest absolute Gasteiger partial charge is 0.424 e. The molecule has 0 radical (unpaired) electrons.